The summed E-state index contributed by atoms with van der Waals surface area (Å²) < 4.78 is 5.65. The Hall–Kier alpha value is -1.66. The molecule has 0 saturated heterocycles. The van der Waals surface area contributed by atoms with Crippen LogP contribution in [0.15, 0.2) is 65.7 Å². The molecule has 1 aliphatic heterocycles. The highest BCUT2D eigenvalue weighted by molar-refractivity contribution is 7.73. The molecule has 0 unspecified atom stereocenters. The van der Waals surface area contributed by atoms with Crippen LogP contribution in [0.4, 0.5) is 0 Å². The Kier molecular flexibility index (Phi) is 4.67. The highest BCUT2D eigenvalue weighted by atomic mass is 31.1. The summed E-state index contributed by atoms with van der Waals surface area (Å²) in [6, 6.07) is 21.9. The molecule has 21 heavy (non-hydrogen) atoms. The monoisotopic (exact) mass is 297 g/mol. The summed E-state index contributed by atoms with van der Waals surface area (Å²) in [6.45, 7) is 2.84. The molecule has 1 atom stereocenters. The number of nitrogens with zero attached hydrogens (tertiary/aromatic N) is 1. The van der Waals surface area contributed by atoms with Crippen molar-refractivity contribution < 1.29 is 4.74 Å². The van der Waals surface area contributed by atoms with Gasteiger partial charge in [-0.2, -0.15) is 0 Å². The SMILES string of the molecule is C[C@H]1COC(CCP(c2ccccc2)c2ccccc2)=N1. The number of aliphatic imine (C=N–C) groups is 1. The average Bonchev–Trinajstić information content (AvgIpc) is 2.95. The lowest BCUT2D eigenvalue weighted by atomic mass is 10.4. The summed E-state index contributed by atoms with van der Waals surface area (Å²) in [4.78, 5) is 4.55. The summed E-state index contributed by atoms with van der Waals surface area (Å²) in [7, 11) is -0.342. The van der Waals surface area contributed by atoms with E-state index in [2.05, 4.69) is 72.6 Å². The van der Waals surface area contributed by atoms with Crippen LogP contribution in [0.5, 0.6) is 0 Å². The highest BCUT2D eigenvalue weighted by Crippen LogP contribution is 2.34. The molecule has 0 bridgehead atoms. The third-order valence-corrected chi connectivity index (χ3v) is 6.05. The Morgan fingerprint density at radius 2 is 1.57 bits per heavy atom. The van der Waals surface area contributed by atoms with Gasteiger partial charge in [-0.05, 0) is 31.6 Å². The quantitative estimate of drug-likeness (QED) is 0.776. The van der Waals surface area contributed by atoms with E-state index in [1.807, 2.05) is 0 Å². The molecular formula is C18H20NOP. The molecule has 0 aromatic heterocycles. The van der Waals surface area contributed by atoms with Crippen molar-refractivity contribution in [2.75, 3.05) is 12.8 Å². The molecule has 2 aromatic carbocycles. The molecule has 108 valence electrons. The van der Waals surface area contributed by atoms with Crippen LogP contribution in [0, 0.1) is 0 Å². The molecule has 0 saturated carbocycles. The first-order chi connectivity index (χ1) is 10.3. The van der Waals surface area contributed by atoms with Crippen LogP contribution in [-0.2, 0) is 4.74 Å². The first-order valence-electron chi connectivity index (χ1n) is 7.40. The second kappa shape index (κ2) is 6.87. The van der Waals surface area contributed by atoms with Gasteiger partial charge in [0.25, 0.3) is 0 Å². The van der Waals surface area contributed by atoms with Crippen LogP contribution >= 0.6 is 7.92 Å². The molecule has 2 nitrogen and oxygen atoms in total. The van der Waals surface area contributed by atoms with E-state index in [0.717, 1.165) is 25.1 Å². The third kappa shape index (κ3) is 3.71. The molecule has 1 aliphatic rings. The predicted molar refractivity (Wildman–Crippen MR) is 91.4 cm³/mol. The minimum absolute atomic E-state index is 0.319. The Bertz CT molecular complexity index is 558. The number of hydrogen-bond acceptors (Lipinski definition) is 2. The molecule has 0 spiro atoms. The molecule has 0 N–H and O–H groups in total. The van der Waals surface area contributed by atoms with Crippen molar-refractivity contribution in [2.45, 2.75) is 19.4 Å². The number of ether oxygens (including phenoxy) is 1. The van der Waals surface area contributed by atoms with Gasteiger partial charge in [-0.3, -0.25) is 0 Å². The molecule has 0 fully saturated rings. The normalized spacial score (nSPS) is 17.6. The van der Waals surface area contributed by atoms with Crippen LogP contribution in [0.3, 0.4) is 0 Å². The Morgan fingerprint density at radius 1 is 1.00 bits per heavy atom. The highest BCUT2D eigenvalue weighted by Gasteiger charge is 2.18. The topological polar surface area (TPSA) is 21.6 Å². The Morgan fingerprint density at radius 3 is 2.05 bits per heavy atom. The first kappa shape index (κ1) is 14.3. The second-order valence-corrected chi connectivity index (χ2v) is 7.59. The van der Waals surface area contributed by atoms with E-state index in [4.69, 9.17) is 4.74 Å². The van der Waals surface area contributed by atoms with Crippen molar-refractivity contribution in [2.24, 2.45) is 4.99 Å². The van der Waals surface area contributed by atoms with Crippen LogP contribution in [0.2, 0.25) is 0 Å². The zero-order valence-corrected chi connectivity index (χ0v) is 13.2. The van der Waals surface area contributed by atoms with Crippen LogP contribution in [-0.4, -0.2) is 24.7 Å². The maximum Gasteiger partial charge on any atom is 0.184 e. The van der Waals surface area contributed by atoms with Gasteiger partial charge in [-0.1, -0.05) is 60.7 Å². The molecule has 1 heterocycles. The standard InChI is InChI=1S/C18H20NOP/c1-15-14-20-18(19-15)12-13-21(16-8-4-2-5-9-16)17-10-6-3-7-11-17/h2-11,15H,12-14H2,1H3/t15-/m0/s1. The van der Waals surface area contributed by atoms with Crippen molar-refractivity contribution in [1.29, 1.82) is 0 Å². The van der Waals surface area contributed by atoms with Gasteiger partial charge < -0.3 is 4.74 Å². The Balaban J connectivity index is 1.78. The van der Waals surface area contributed by atoms with E-state index in [1.54, 1.807) is 0 Å². The molecule has 0 aliphatic carbocycles. The molecule has 3 heteroatoms. The van der Waals surface area contributed by atoms with Crippen molar-refractivity contribution in [3.63, 3.8) is 0 Å². The molecular weight excluding hydrogens is 277 g/mol. The van der Waals surface area contributed by atoms with Crippen molar-refractivity contribution in [3.8, 4) is 0 Å². The van der Waals surface area contributed by atoms with Crippen LogP contribution < -0.4 is 10.6 Å². The summed E-state index contributed by atoms with van der Waals surface area (Å²) >= 11 is 0. The number of benzene rings is 2. The van der Waals surface area contributed by atoms with E-state index in [0.29, 0.717) is 6.04 Å². The zero-order valence-electron chi connectivity index (χ0n) is 12.3. The molecule has 0 amide bonds. The minimum Gasteiger partial charge on any atom is -0.479 e. The van der Waals surface area contributed by atoms with Crippen molar-refractivity contribution >= 4 is 24.4 Å². The fourth-order valence-electron chi connectivity index (χ4n) is 2.50. The van der Waals surface area contributed by atoms with E-state index in [1.165, 1.54) is 10.6 Å². The predicted octanol–water partition coefficient (Wildman–Crippen LogP) is 3.33. The van der Waals surface area contributed by atoms with E-state index in [9.17, 15) is 0 Å². The Labute approximate surface area is 127 Å². The maximum absolute atomic E-state index is 5.65. The minimum atomic E-state index is -0.342. The molecule has 0 radical (unpaired) electrons. The fourth-order valence-corrected chi connectivity index (χ4v) is 4.80. The second-order valence-electron chi connectivity index (χ2n) is 5.26. The van der Waals surface area contributed by atoms with E-state index in [-0.39, 0.29) is 7.92 Å². The summed E-state index contributed by atoms with van der Waals surface area (Å²) in [6.07, 6.45) is 2.02. The number of rotatable bonds is 5. The van der Waals surface area contributed by atoms with Crippen molar-refractivity contribution in [3.05, 3.63) is 60.7 Å². The summed E-state index contributed by atoms with van der Waals surface area (Å²) in [5.41, 5.74) is 0. The lowest BCUT2D eigenvalue weighted by Crippen LogP contribution is -2.15. The van der Waals surface area contributed by atoms with Gasteiger partial charge in [-0.25, -0.2) is 4.99 Å². The lowest BCUT2D eigenvalue weighted by Gasteiger charge is -2.18. The smallest absolute Gasteiger partial charge is 0.184 e. The third-order valence-electron chi connectivity index (χ3n) is 3.54. The fraction of sp³-hybridized carbons (Fsp3) is 0.278. The van der Waals surface area contributed by atoms with Gasteiger partial charge in [0.2, 0.25) is 0 Å². The van der Waals surface area contributed by atoms with Crippen molar-refractivity contribution in [1.82, 2.24) is 0 Å². The first-order valence-corrected chi connectivity index (χ1v) is 8.93. The van der Waals surface area contributed by atoms with Gasteiger partial charge in [0.05, 0.1) is 6.04 Å². The van der Waals surface area contributed by atoms with E-state index < -0.39 is 0 Å². The van der Waals surface area contributed by atoms with Gasteiger partial charge in [-0.15, -0.1) is 0 Å². The zero-order chi connectivity index (χ0) is 14.5. The van der Waals surface area contributed by atoms with Crippen LogP contribution in [0.25, 0.3) is 0 Å². The van der Waals surface area contributed by atoms with Crippen LogP contribution in [0.1, 0.15) is 13.3 Å². The average molecular weight is 297 g/mol. The van der Waals surface area contributed by atoms with Gasteiger partial charge in [0, 0.05) is 6.42 Å². The maximum atomic E-state index is 5.65. The summed E-state index contributed by atoms with van der Waals surface area (Å²) in [5, 5.41) is 2.84. The largest absolute Gasteiger partial charge is 0.479 e. The molecule has 3 rings (SSSR count). The number of hydrogen-bond donors (Lipinski definition) is 0. The lowest BCUT2D eigenvalue weighted by molar-refractivity contribution is 0.317. The van der Waals surface area contributed by atoms with Gasteiger partial charge >= 0.3 is 0 Å². The summed E-state index contributed by atoms with van der Waals surface area (Å²) in [5.74, 6) is 0.932. The molecule has 2 aromatic rings. The van der Waals surface area contributed by atoms with Gasteiger partial charge in [0.15, 0.2) is 5.90 Å². The van der Waals surface area contributed by atoms with E-state index >= 15 is 0 Å². The van der Waals surface area contributed by atoms with Gasteiger partial charge in [0.1, 0.15) is 6.61 Å².